The molecule has 0 aliphatic carbocycles. The Labute approximate surface area is 181 Å². The Kier molecular flexibility index (Phi) is 7.33. The highest BCUT2D eigenvalue weighted by atomic mass is 16.6. The zero-order chi connectivity index (χ0) is 22.2. The second-order valence-electron chi connectivity index (χ2n) is 7.57. The van der Waals surface area contributed by atoms with Crippen molar-refractivity contribution in [3.63, 3.8) is 0 Å². The fourth-order valence-electron chi connectivity index (χ4n) is 3.08. The topological polar surface area (TPSA) is 69.7 Å². The third kappa shape index (κ3) is 6.12. The van der Waals surface area contributed by atoms with Crippen LogP contribution in [-0.2, 0) is 20.7 Å². The molecule has 0 aliphatic rings. The van der Waals surface area contributed by atoms with E-state index in [9.17, 15) is 14.4 Å². The van der Waals surface area contributed by atoms with Crippen LogP contribution in [0.1, 0.15) is 51.8 Å². The van der Waals surface area contributed by atoms with Gasteiger partial charge < -0.3 is 9.47 Å². The van der Waals surface area contributed by atoms with Gasteiger partial charge in [-0.3, -0.25) is 0 Å². The van der Waals surface area contributed by atoms with E-state index in [4.69, 9.17) is 9.47 Å². The number of hydrogen-bond acceptors (Lipinski definition) is 5. The molecule has 3 rings (SSSR count). The zero-order valence-electron chi connectivity index (χ0n) is 17.5. The first-order valence-electron chi connectivity index (χ1n) is 10.1. The van der Waals surface area contributed by atoms with Gasteiger partial charge in [0.25, 0.3) is 0 Å². The number of benzene rings is 3. The normalized spacial score (nSPS) is 11.6. The van der Waals surface area contributed by atoms with Crippen LogP contribution in [-0.4, -0.2) is 17.9 Å². The Morgan fingerprint density at radius 3 is 1.84 bits per heavy atom. The molecular formula is C26H24O5. The van der Waals surface area contributed by atoms with Gasteiger partial charge in [-0.05, 0) is 42.2 Å². The largest absolute Gasteiger partial charge is 0.442 e. The lowest BCUT2D eigenvalue weighted by molar-refractivity contribution is -0.148. The average Bonchev–Trinajstić information content (AvgIpc) is 2.78. The maximum atomic E-state index is 12.8. The first-order valence-corrected chi connectivity index (χ1v) is 10.1. The van der Waals surface area contributed by atoms with E-state index < -0.39 is 24.0 Å². The molecule has 0 amide bonds. The van der Waals surface area contributed by atoms with Gasteiger partial charge in [-0.25, -0.2) is 14.4 Å². The summed E-state index contributed by atoms with van der Waals surface area (Å²) in [6.07, 6.45) is -0.474. The van der Waals surface area contributed by atoms with Crippen molar-refractivity contribution in [3.8, 4) is 0 Å². The smallest absolute Gasteiger partial charge is 0.360 e. The maximum absolute atomic E-state index is 12.8. The highest BCUT2D eigenvalue weighted by Crippen LogP contribution is 2.22. The molecule has 0 aliphatic heterocycles. The summed E-state index contributed by atoms with van der Waals surface area (Å²) in [4.78, 5) is 37.8. The van der Waals surface area contributed by atoms with Crippen LogP contribution in [0, 0.1) is 5.92 Å². The van der Waals surface area contributed by atoms with E-state index in [1.807, 2.05) is 12.1 Å². The van der Waals surface area contributed by atoms with Gasteiger partial charge in [0, 0.05) is 5.56 Å². The van der Waals surface area contributed by atoms with Gasteiger partial charge in [0.2, 0.25) is 6.10 Å². The van der Waals surface area contributed by atoms with Gasteiger partial charge in [-0.2, -0.15) is 0 Å². The quantitative estimate of drug-likeness (QED) is 0.393. The Bertz CT molecular complexity index is 1020. The molecule has 1 unspecified atom stereocenters. The summed E-state index contributed by atoms with van der Waals surface area (Å²) < 4.78 is 10.5. The number of carbonyl (C=O) groups is 3. The Balaban J connectivity index is 1.75. The van der Waals surface area contributed by atoms with Crippen molar-refractivity contribution in [2.24, 2.45) is 5.92 Å². The fourth-order valence-corrected chi connectivity index (χ4v) is 3.08. The van der Waals surface area contributed by atoms with E-state index in [1.165, 1.54) is 0 Å². The lowest BCUT2D eigenvalue weighted by Gasteiger charge is -2.16. The predicted octanol–water partition coefficient (Wildman–Crippen LogP) is 5.17. The van der Waals surface area contributed by atoms with E-state index in [-0.39, 0.29) is 5.56 Å². The number of hydrogen-bond donors (Lipinski definition) is 0. The molecule has 0 heterocycles. The summed E-state index contributed by atoms with van der Waals surface area (Å²) in [5.74, 6) is -1.94. The second-order valence-corrected chi connectivity index (χ2v) is 7.57. The lowest BCUT2D eigenvalue weighted by Crippen LogP contribution is -2.24. The van der Waals surface area contributed by atoms with Gasteiger partial charge in [0.15, 0.2) is 0 Å². The Hall–Kier alpha value is -3.73. The Morgan fingerprint density at radius 1 is 0.710 bits per heavy atom. The Morgan fingerprint density at radius 2 is 1.26 bits per heavy atom. The van der Waals surface area contributed by atoms with Crippen LogP contribution in [0.5, 0.6) is 0 Å². The monoisotopic (exact) mass is 416 g/mol. The summed E-state index contributed by atoms with van der Waals surface area (Å²) in [6.45, 7) is 4.22. The van der Waals surface area contributed by atoms with Crippen molar-refractivity contribution in [2.75, 3.05) is 0 Å². The zero-order valence-corrected chi connectivity index (χ0v) is 17.5. The molecular weight excluding hydrogens is 392 g/mol. The molecule has 0 radical (unpaired) electrons. The minimum Gasteiger partial charge on any atom is -0.442 e. The van der Waals surface area contributed by atoms with Crippen LogP contribution in [0.2, 0.25) is 0 Å². The average molecular weight is 416 g/mol. The van der Waals surface area contributed by atoms with Crippen LogP contribution < -0.4 is 0 Å². The van der Waals surface area contributed by atoms with Crippen LogP contribution in [0.3, 0.4) is 0 Å². The molecule has 3 aromatic rings. The predicted molar refractivity (Wildman–Crippen MR) is 116 cm³/mol. The SMILES string of the molecule is CC(C)Cc1ccc(C(=O)OC(=O)C(OC(=O)c2ccccc2)c2ccccc2)cc1. The van der Waals surface area contributed by atoms with Crippen molar-refractivity contribution in [1.82, 2.24) is 0 Å². The van der Waals surface area contributed by atoms with E-state index in [0.29, 0.717) is 17.0 Å². The molecule has 0 bridgehead atoms. The summed E-state index contributed by atoms with van der Waals surface area (Å²) in [5.41, 5.74) is 2.05. The van der Waals surface area contributed by atoms with Gasteiger partial charge >= 0.3 is 17.9 Å². The fraction of sp³-hybridized carbons (Fsp3) is 0.192. The molecule has 3 aromatic carbocycles. The second kappa shape index (κ2) is 10.3. The maximum Gasteiger partial charge on any atom is 0.360 e. The third-order valence-corrected chi connectivity index (χ3v) is 4.58. The first kappa shape index (κ1) is 22.0. The molecule has 0 aromatic heterocycles. The summed E-state index contributed by atoms with van der Waals surface area (Å²) in [6, 6.07) is 23.7. The lowest BCUT2D eigenvalue weighted by atomic mass is 10.0. The van der Waals surface area contributed by atoms with Crippen molar-refractivity contribution in [2.45, 2.75) is 26.4 Å². The van der Waals surface area contributed by atoms with E-state index in [0.717, 1.165) is 12.0 Å². The standard InChI is InChI=1S/C26H24O5/c1-18(2)17-19-13-15-22(16-14-19)25(28)31-26(29)23(20-9-5-3-6-10-20)30-24(27)21-11-7-4-8-12-21/h3-16,18,23H,17H2,1-2H3. The van der Waals surface area contributed by atoms with Crippen molar-refractivity contribution >= 4 is 17.9 Å². The van der Waals surface area contributed by atoms with E-state index >= 15 is 0 Å². The number of rotatable bonds is 7. The molecule has 0 saturated carbocycles. The molecule has 1 atom stereocenters. The van der Waals surface area contributed by atoms with Gasteiger partial charge in [0.1, 0.15) is 0 Å². The molecule has 158 valence electrons. The summed E-state index contributed by atoms with van der Waals surface area (Å²) in [7, 11) is 0. The molecule has 5 heteroatoms. The minimum atomic E-state index is -1.36. The van der Waals surface area contributed by atoms with Crippen molar-refractivity contribution < 1.29 is 23.9 Å². The number of esters is 3. The van der Waals surface area contributed by atoms with Crippen LogP contribution in [0.4, 0.5) is 0 Å². The van der Waals surface area contributed by atoms with E-state index in [2.05, 4.69) is 13.8 Å². The van der Waals surface area contributed by atoms with Crippen LogP contribution in [0.15, 0.2) is 84.9 Å². The molecule has 5 nitrogen and oxygen atoms in total. The summed E-state index contributed by atoms with van der Waals surface area (Å²) >= 11 is 0. The van der Waals surface area contributed by atoms with Crippen molar-refractivity contribution in [1.29, 1.82) is 0 Å². The van der Waals surface area contributed by atoms with E-state index in [1.54, 1.807) is 72.8 Å². The molecule has 0 spiro atoms. The van der Waals surface area contributed by atoms with Crippen molar-refractivity contribution in [3.05, 3.63) is 107 Å². The van der Waals surface area contributed by atoms with Crippen LogP contribution >= 0.6 is 0 Å². The number of carbonyl (C=O) groups excluding carboxylic acids is 3. The minimum absolute atomic E-state index is 0.252. The van der Waals surface area contributed by atoms with Gasteiger partial charge in [-0.1, -0.05) is 74.5 Å². The molecule has 0 saturated heterocycles. The first-order chi connectivity index (χ1) is 14.9. The van der Waals surface area contributed by atoms with Crippen LogP contribution in [0.25, 0.3) is 0 Å². The third-order valence-electron chi connectivity index (χ3n) is 4.58. The highest BCUT2D eigenvalue weighted by Gasteiger charge is 2.29. The molecule has 0 N–H and O–H groups in total. The molecule has 31 heavy (non-hydrogen) atoms. The molecule has 0 fully saturated rings. The number of ether oxygens (including phenoxy) is 2. The highest BCUT2D eigenvalue weighted by molar-refractivity contribution is 5.99. The van der Waals surface area contributed by atoms with Gasteiger partial charge in [0.05, 0.1) is 11.1 Å². The summed E-state index contributed by atoms with van der Waals surface area (Å²) in [5, 5.41) is 0. The van der Waals surface area contributed by atoms with Gasteiger partial charge in [-0.15, -0.1) is 0 Å².